The molecule has 1 aromatic heterocycles. The molecule has 0 amide bonds. The van der Waals surface area contributed by atoms with Crippen LogP contribution in [-0.2, 0) is 13.2 Å². The summed E-state index contributed by atoms with van der Waals surface area (Å²) in [5.74, 6) is 1.61. The molecule has 0 aliphatic rings. The smallest absolute Gasteiger partial charge is 0.165 e. The predicted octanol–water partition coefficient (Wildman–Crippen LogP) is 4.11. The van der Waals surface area contributed by atoms with E-state index >= 15 is 0 Å². The van der Waals surface area contributed by atoms with E-state index in [1.165, 1.54) is 6.07 Å². The lowest BCUT2D eigenvalue weighted by Crippen LogP contribution is -2.21. The molecule has 2 aromatic rings. The maximum Gasteiger partial charge on any atom is 0.165 e. The van der Waals surface area contributed by atoms with Crippen molar-refractivity contribution in [2.24, 2.45) is 0 Å². The third-order valence-corrected chi connectivity index (χ3v) is 3.23. The van der Waals surface area contributed by atoms with Crippen molar-refractivity contribution in [3.05, 3.63) is 52.7 Å². The molecule has 0 spiro atoms. The number of hydrogen-bond acceptors (Lipinski definition) is 3. The summed E-state index contributed by atoms with van der Waals surface area (Å²) in [5.41, 5.74) is 1.91. The zero-order valence-corrected chi connectivity index (χ0v) is 13.0. The quantitative estimate of drug-likeness (QED) is 0.869. The van der Waals surface area contributed by atoms with E-state index in [0.717, 1.165) is 22.6 Å². The number of furan rings is 1. The molecule has 114 valence electrons. The largest absolute Gasteiger partial charge is 0.486 e. The SMILES string of the molecule is Cc1ccc(F)c(OCc2cc(CNC(C)C)oc2C)c1. The van der Waals surface area contributed by atoms with Crippen LogP contribution in [0.25, 0.3) is 0 Å². The minimum absolute atomic E-state index is 0.275. The lowest BCUT2D eigenvalue weighted by Gasteiger charge is -2.07. The lowest BCUT2D eigenvalue weighted by molar-refractivity contribution is 0.287. The van der Waals surface area contributed by atoms with Crippen LogP contribution in [0.2, 0.25) is 0 Å². The number of nitrogens with one attached hydrogen (secondary N) is 1. The summed E-state index contributed by atoms with van der Waals surface area (Å²) >= 11 is 0. The van der Waals surface area contributed by atoms with Crippen molar-refractivity contribution < 1.29 is 13.5 Å². The second-order valence-corrected chi connectivity index (χ2v) is 5.55. The Kier molecular flexibility index (Phi) is 5.02. The van der Waals surface area contributed by atoms with Crippen molar-refractivity contribution in [1.82, 2.24) is 5.32 Å². The molecule has 0 saturated carbocycles. The Hall–Kier alpha value is -1.81. The minimum Gasteiger partial charge on any atom is -0.486 e. The van der Waals surface area contributed by atoms with E-state index in [-0.39, 0.29) is 11.6 Å². The molecule has 0 unspecified atom stereocenters. The van der Waals surface area contributed by atoms with Gasteiger partial charge < -0.3 is 14.5 Å². The summed E-state index contributed by atoms with van der Waals surface area (Å²) in [7, 11) is 0. The molecular weight excluding hydrogens is 269 g/mol. The molecule has 0 aliphatic heterocycles. The van der Waals surface area contributed by atoms with Gasteiger partial charge >= 0.3 is 0 Å². The Labute approximate surface area is 125 Å². The second-order valence-electron chi connectivity index (χ2n) is 5.55. The zero-order chi connectivity index (χ0) is 15.4. The molecule has 0 atom stereocenters. The third-order valence-electron chi connectivity index (χ3n) is 3.23. The van der Waals surface area contributed by atoms with Gasteiger partial charge in [0.2, 0.25) is 0 Å². The van der Waals surface area contributed by atoms with Crippen molar-refractivity contribution in [2.75, 3.05) is 0 Å². The molecule has 4 heteroatoms. The lowest BCUT2D eigenvalue weighted by atomic mass is 10.2. The number of rotatable bonds is 6. The van der Waals surface area contributed by atoms with E-state index in [9.17, 15) is 4.39 Å². The van der Waals surface area contributed by atoms with Crippen molar-refractivity contribution in [1.29, 1.82) is 0 Å². The first-order chi connectivity index (χ1) is 9.95. The van der Waals surface area contributed by atoms with Gasteiger partial charge in [0.15, 0.2) is 11.6 Å². The van der Waals surface area contributed by atoms with Crippen LogP contribution < -0.4 is 10.1 Å². The van der Waals surface area contributed by atoms with E-state index in [2.05, 4.69) is 19.2 Å². The number of ether oxygens (including phenoxy) is 1. The average molecular weight is 291 g/mol. The van der Waals surface area contributed by atoms with E-state index in [0.29, 0.717) is 19.2 Å². The van der Waals surface area contributed by atoms with Crippen molar-refractivity contribution in [2.45, 2.75) is 46.9 Å². The fourth-order valence-corrected chi connectivity index (χ4v) is 2.00. The molecule has 0 saturated heterocycles. The van der Waals surface area contributed by atoms with Gasteiger partial charge in [-0.1, -0.05) is 19.9 Å². The van der Waals surface area contributed by atoms with Crippen LogP contribution in [0.1, 0.15) is 36.5 Å². The van der Waals surface area contributed by atoms with E-state index in [1.807, 2.05) is 19.9 Å². The molecule has 2 rings (SSSR count). The summed E-state index contributed by atoms with van der Waals surface area (Å²) < 4.78 is 24.9. The van der Waals surface area contributed by atoms with Crippen LogP contribution in [0.4, 0.5) is 4.39 Å². The van der Waals surface area contributed by atoms with Gasteiger partial charge in [-0.25, -0.2) is 4.39 Å². The highest BCUT2D eigenvalue weighted by Crippen LogP contribution is 2.22. The highest BCUT2D eigenvalue weighted by Gasteiger charge is 2.10. The molecule has 0 fully saturated rings. The van der Waals surface area contributed by atoms with Gasteiger partial charge in [-0.05, 0) is 37.6 Å². The Morgan fingerprint density at radius 3 is 2.71 bits per heavy atom. The van der Waals surface area contributed by atoms with Gasteiger partial charge in [0, 0.05) is 11.6 Å². The van der Waals surface area contributed by atoms with Gasteiger partial charge in [-0.2, -0.15) is 0 Å². The number of benzene rings is 1. The number of hydrogen-bond donors (Lipinski definition) is 1. The first-order valence-electron chi connectivity index (χ1n) is 7.16. The van der Waals surface area contributed by atoms with Crippen LogP contribution in [0.5, 0.6) is 5.75 Å². The Morgan fingerprint density at radius 1 is 1.24 bits per heavy atom. The molecule has 1 heterocycles. The van der Waals surface area contributed by atoms with E-state index in [4.69, 9.17) is 9.15 Å². The van der Waals surface area contributed by atoms with Crippen molar-refractivity contribution in [3.63, 3.8) is 0 Å². The van der Waals surface area contributed by atoms with E-state index < -0.39 is 0 Å². The fraction of sp³-hybridized carbons (Fsp3) is 0.412. The Bertz CT molecular complexity index is 605. The van der Waals surface area contributed by atoms with Gasteiger partial charge in [0.25, 0.3) is 0 Å². The van der Waals surface area contributed by atoms with Crippen LogP contribution in [0, 0.1) is 19.7 Å². The van der Waals surface area contributed by atoms with Crippen molar-refractivity contribution in [3.8, 4) is 5.75 Å². The third kappa shape index (κ3) is 4.33. The maximum atomic E-state index is 13.6. The standard InChI is InChI=1S/C17H22FNO2/c1-11(2)19-9-15-8-14(13(4)21-15)10-20-17-7-12(3)5-6-16(17)18/h5-8,11,19H,9-10H2,1-4H3. The van der Waals surface area contributed by atoms with Crippen LogP contribution in [0.3, 0.4) is 0 Å². The minimum atomic E-state index is -0.344. The average Bonchev–Trinajstić information content (AvgIpc) is 2.78. The molecule has 3 nitrogen and oxygen atoms in total. The Balaban J connectivity index is 2.01. The second kappa shape index (κ2) is 6.76. The summed E-state index contributed by atoms with van der Waals surface area (Å²) in [6.07, 6.45) is 0. The zero-order valence-electron chi connectivity index (χ0n) is 13.0. The topological polar surface area (TPSA) is 34.4 Å². The monoisotopic (exact) mass is 291 g/mol. The summed E-state index contributed by atoms with van der Waals surface area (Å²) in [6.45, 7) is 8.95. The molecule has 0 aliphatic carbocycles. The number of aryl methyl sites for hydroxylation is 2. The Morgan fingerprint density at radius 2 is 2.00 bits per heavy atom. The van der Waals surface area contributed by atoms with Crippen LogP contribution in [-0.4, -0.2) is 6.04 Å². The van der Waals surface area contributed by atoms with Gasteiger partial charge in [-0.3, -0.25) is 0 Å². The molecule has 21 heavy (non-hydrogen) atoms. The fourth-order valence-electron chi connectivity index (χ4n) is 2.00. The molecule has 1 N–H and O–H groups in total. The summed E-state index contributed by atoms with van der Waals surface area (Å²) in [5, 5.41) is 3.30. The summed E-state index contributed by atoms with van der Waals surface area (Å²) in [4.78, 5) is 0. The molecule has 1 aromatic carbocycles. The first kappa shape index (κ1) is 15.6. The highest BCUT2D eigenvalue weighted by atomic mass is 19.1. The predicted molar refractivity (Wildman–Crippen MR) is 80.9 cm³/mol. The molecule has 0 radical (unpaired) electrons. The van der Waals surface area contributed by atoms with Crippen LogP contribution >= 0.6 is 0 Å². The van der Waals surface area contributed by atoms with Crippen molar-refractivity contribution >= 4 is 0 Å². The van der Waals surface area contributed by atoms with Gasteiger partial charge in [0.05, 0.1) is 6.54 Å². The van der Waals surface area contributed by atoms with E-state index in [1.54, 1.807) is 12.1 Å². The number of halogens is 1. The van der Waals surface area contributed by atoms with Gasteiger partial charge in [0.1, 0.15) is 18.1 Å². The molecular formula is C17H22FNO2. The molecule has 0 bridgehead atoms. The normalized spacial score (nSPS) is 11.1. The van der Waals surface area contributed by atoms with Crippen LogP contribution in [0.15, 0.2) is 28.7 Å². The maximum absolute atomic E-state index is 13.6. The van der Waals surface area contributed by atoms with Gasteiger partial charge in [-0.15, -0.1) is 0 Å². The highest BCUT2D eigenvalue weighted by molar-refractivity contribution is 5.30. The summed E-state index contributed by atoms with van der Waals surface area (Å²) in [6, 6.07) is 7.20. The first-order valence-corrected chi connectivity index (χ1v) is 7.16.